The van der Waals surface area contributed by atoms with Crippen molar-refractivity contribution in [2.45, 2.75) is 19.0 Å². The quantitative estimate of drug-likeness (QED) is 0.776. The number of nitrogens with zero attached hydrogens (tertiary/aromatic N) is 2. The summed E-state index contributed by atoms with van der Waals surface area (Å²) in [5.41, 5.74) is -0.373. The van der Waals surface area contributed by atoms with Crippen LogP contribution in [-0.2, 0) is 0 Å². The summed E-state index contributed by atoms with van der Waals surface area (Å²) < 4.78 is 38.5. The lowest BCUT2D eigenvalue weighted by Crippen LogP contribution is -2.17. The third kappa shape index (κ3) is 1.82. The highest BCUT2D eigenvalue weighted by Gasteiger charge is 2.38. The molecule has 0 aliphatic rings. The molecule has 0 aliphatic carbocycles. The van der Waals surface area contributed by atoms with Crippen molar-refractivity contribution in [2.24, 2.45) is 0 Å². The minimum atomic E-state index is -4.30. The molecule has 7 heteroatoms. The first kappa shape index (κ1) is 11.1. The van der Waals surface area contributed by atoms with Crippen molar-refractivity contribution < 1.29 is 13.2 Å². The lowest BCUT2D eigenvalue weighted by molar-refractivity contribution is -0.145. The largest absolute Gasteiger partial charge is 0.396 e. The molecule has 0 amide bonds. The zero-order valence-electron chi connectivity index (χ0n) is 8.15. The van der Waals surface area contributed by atoms with Gasteiger partial charge in [0.05, 0.1) is 5.92 Å². The van der Waals surface area contributed by atoms with Crippen LogP contribution in [-0.4, -0.2) is 15.6 Å². The predicted molar refractivity (Wildman–Crippen MR) is 53.8 cm³/mol. The maximum atomic E-state index is 12.5. The van der Waals surface area contributed by atoms with Crippen LogP contribution in [0.25, 0.3) is 4.96 Å². The number of rotatable bonds is 1. The van der Waals surface area contributed by atoms with E-state index in [1.165, 1.54) is 18.5 Å². The highest BCUT2D eigenvalue weighted by Crippen LogP contribution is 2.36. The van der Waals surface area contributed by atoms with Gasteiger partial charge in [-0.25, -0.2) is 4.98 Å². The second kappa shape index (κ2) is 3.58. The first-order valence-electron chi connectivity index (χ1n) is 4.43. The van der Waals surface area contributed by atoms with Gasteiger partial charge in [0.1, 0.15) is 0 Å². The molecule has 16 heavy (non-hydrogen) atoms. The second-order valence-corrected chi connectivity index (χ2v) is 4.37. The molecule has 0 radical (unpaired) electrons. The van der Waals surface area contributed by atoms with Crippen LogP contribution < -0.4 is 5.56 Å². The zero-order valence-corrected chi connectivity index (χ0v) is 8.97. The van der Waals surface area contributed by atoms with Crippen LogP contribution >= 0.6 is 11.3 Å². The summed E-state index contributed by atoms with van der Waals surface area (Å²) in [5, 5.41) is 0. The predicted octanol–water partition coefficient (Wildman–Crippen LogP) is 2.42. The molecule has 2 aromatic rings. The fourth-order valence-electron chi connectivity index (χ4n) is 1.22. The molecule has 2 rings (SSSR count). The number of hydrogen-bond acceptors (Lipinski definition) is 3. The van der Waals surface area contributed by atoms with E-state index in [9.17, 15) is 18.0 Å². The molecule has 1 atom stereocenters. The van der Waals surface area contributed by atoms with E-state index >= 15 is 0 Å². The van der Waals surface area contributed by atoms with Crippen molar-refractivity contribution in [2.75, 3.05) is 0 Å². The van der Waals surface area contributed by atoms with Gasteiger partial charge in [-0.3, -0.25) is 9.20 Å². The summed E-state index contributed by atoms with van der Waals surface area (Å²) in [4.78, 5) is 15.5. The number of alkyl halides is 3. The summed E-state index contributed by atoms with van der Waals surface area (Å²) in [6.07, 6.45) is -1.81. The first-order chi connectivity index (χ1) is 7.39. The summed E-state index contributed by atoms with van der Waals surface area (Å²) in [7, 11) is 0. The van der Waals surface area contributed by atoms with Crippen LogP contribution in [0.5, 0.6) is 0 Å². The fourth-order valence-corrected chi connectivity index (χ4v) is 2.25. The molecule has 0 aliphatic heterocycles. The number of aromatic nitrogens is 2. The molecular weight excluding hydrogens is 241 g/mol. The van der Waals surface area contributed by atoms with E-state index in [0.717, 1.165) is 22.7 Å². The Morgan fingerprint density at radius 3 is 2.75 bits per heavy atom. The molecule has 0 spiro atoms. The topological polar surface area (TPSA) is 34.4 Å². The molecule has 0 saturated carbocycles. The van der Waals surface area contributed by atoms with E-state index < -0.39 is 12.1 Å². The Kier molecular flexibility index (Phi) is 2.49. The van der Waals surface area contributed by atoms with Crippen molar-refractivity contribution in [3.63, 3.8) is 0 Å². The average Bonchev–Trinajstić information content (AvgIpc) is 2.60. The fraction of sp³-hybridized carbons (Fsp3) is 0.333. The molecule has 2 heterocycles. The van der Waals surface area contributed by atoms with Crippen molar-refractivity contribution in [1.82, 2.24) is 9.38 Å². The van der Waals surface area contributed by atoms with Crippen LogP contribution in [0.4, 0.5) is 13.2 Å². The normalized spacial score (nSPS) is 14.2. The molecule has 2 aromatic heterocycles. The number of thiazole rings is 1. The van der Waals surface area contributed by atoms with Crippen LogP contribution in [0.3, 0.4) is 0 Å². The van der Waals surface area contributed by atoms with Gasteiger partial charge in [0.15, 0.2) is 4.96 Å². The van der Waals surface area contributed by atoms with Crippen LogP contribution in [0.2, 0.25) is 0 Å². The van der Waals surface area contributed by atoms with E-state index in [1.54, 1.807) is 0 Å². The maximum Gasteiger partial charge on any atom is 0.396 e. The smallest absolute Gasteiger partial charge is 0.269 e. The number of fused-ring (bicyclic) bond motifs is 1. The van der Waals surface area contributed by atoms with E-state index in [2.05, 4.69) is 4.98 Å². The van der Waals surface area contributed by atoms with Crippen molar-refractivity contribution >= 4 is 16.3 Å². The third-order valence-electron chi connectivity index (χ3n) is 2.23. The van der Waals surface area contributed by atoms with Gasteiger partial charge in [0.25, 0.3) is 5.56 Å². The van der Waals surface area contributed by atoms with Gasteiger partial charge in [-0.1, -0.05) is 0 Å². The standard InChI is InChI=1S/C9H7F3N2OS/c1-5(9(10,11)12)6-4-14-7(15)2-3-13-8(14)16-6/h2-5H,1H3. The molecule has 0 aromatic carbocycles. The van der Waals surface area contributed by atoms with Crippen LogP contribution in [0.1, 0.15) is 17.7 Å². The summed E-state index contributed by atoms with van der Waals surface area (Å²) in [6, 6.07) is 1.21. The summed E-state index contributed by atoms with van der Waals surface area (Å²) in [6.45, 7) is 1.07. The van der Waals surface area contributed by atoms with Crippen molar-refractivity contribution in [1.29, 1.82) is 0 Å². The molecule has 1 unspecified atom stereocenters. The van der Waals surface area contributed by atoms with Gasteiger partial charge >= 0.3 is 6.18 Å². The van der Waals surface area contributed by atoms with E-state index in [0.29, 0.717) is 0 Å². The van der Waals surface area contributed by atoms with Crippen LogP contribution in [0.15, 0.2) is 23.3 Å². The molecular formula is C9H7F3N2OS. The average molecular weight is 248 g/mol. The van der Waals surface area contributed by atoms with Gasteiger partial charge in [-0.05, 0) is 6.92 Å². The van der Waals surface area contributed by atoms with Gasteiger partial charge in [0.2, 0.25) is 0 Å². The molecule has 0 saturated heterocycles. The van der Waals surface area contributed by atoms with Crippen molar-refractivity contribution in [3.05, 3.63) is 33.7 Å². The Morgan fingerprint density at radius 1 is 1.50 bits per heavy atom. The number of halogens is 3. The second-order valence-electron chi connectivity index (χ2n) is 3.33. The number of hydrogen-bond donors (Lipinski definition) is 0. The molecule has 0 N–H and O–H groups in total. The summed E-state index contributed by atoms with van der Waals surface area (Å²) in [5.74, 6) is -1.58. The highest BCUT2D eigenvalue weighted by atomic mass is 32.1. The first-order valence-corrected chi connectivity index (χ1v) is 5.25. The summed E-state index contributed by atoms with van der Waals surface area (Å²) >= 11 is 0.878. The molecule has 3 nitrogen and oxygen atoms in total. The van der Waals surface area contributed by atoms with E-state index in [-0.39, 0.29) is 15.4 Å². The maximum absolute atomic E-state index is 12.5. The van der Waals surface area contributed by atoms with Gasteiger partial charge in [0, 0.05) is 23.3 Å². The SMILES string of the molecule is CC(c1cn2c(=O)ccnc2s1)C(F)(F)F. The molecule has 0 bridgehead atoms. The molecule has 0 fully saturated rings. The Labute approximate surface area is 92.2 Å². The van der Waals surface area contributed by atoms with E-state index in [1.807, 2.05) is 0 Å². The minimum absolute atomic E-state index is 0.0864. The Balaban J connectivity index is 2.56. The Hall–Kier alpha value is -1.37. The van der Waals surface area contributed by atoms with Gasteiger partial charge < -0.3 is 0 Å². The Bertz CT molecular complexity index is 572. The lowest BCUT2D eigenvalue weighted by Gasteiger charge is -2.12. The minimum Gasteiger partial charge on any atom is -0.269 e. The zero-order chi connectivity index (χ0) is 11.9. The highest BCUT2D eigenvalue weighted by molar-refractivity contribution is 7.17. The van der Waals surface area contributed by atoms with Gasteiger partial charge in [-0.15, -0.1) is 11.3 Å². The van der Waals surface area contributed by atoms with Gasteiger partial charge in [-0.2, -0.15) is 13.2 Å². The third-order valence-corrected chi connectivity index (χ3v) is 3.41. The monoisotopic (exact) mass is 248 g/mol. The van der Waals surface area contributed by atoms with E-state index in [4.69, 9.17) is 0 Å². The van der Waals surface area contributed by atoms with Crippen LogP contribution in [0, 0.1) is 0 Å². The molecule has 86 valence electrons. The van der Waals surface area contributed by atoms with Crippen molar-refractivity contribution in [3.8, 4) is 0 Å². The Morgan fingerprint density at radius 2 is 2.19 bits per heavy atom. The lowest BCUT2D eigenvalue weighted by atomic mass is 10.1.